The minimum absolute atomic E-state index is 0.546. The number of hydrogen-bond donors (Lipinski definition) is 1. The molecule has 0 saturated carbocycles. The quantitative estimate of drug-likeness (QED) is 0.801. The van der Waals surface area contributed by atoms with Crippen LogP contribution in [0, 0.1) is 5.92 Å². The molecule has 0 aliphatic heterocycles. The summed E-state index contributed by atoms with van der Waals surface area (Å²) in [5.41, 5.74) is 1.32. The standard InChI is InChI=1S/C13H22N2/c1-10(2)15-12(4)11(3)8-13-6-5-7-14-9-13/h5-7,9-12,15H,8H2,1-4H3. The zero-order valence-corrected chi connectivity index (χ0v) is 10.2. The third-order valence-corrected chi connectivity index (χ3v) is 2.73. The van der Waals surface area contributed by atoms with Crippen molar-refractivity contribution in [2.75, 3.05) is 0 Å². The Balaban J connectivity index is 2.45. The molecule has 2 atom stereocenters. The number of nitrogens with one attached hydrogen (secondary N) is 1. The summed E-state index contributed by atoms with van der Waals surface area (Å²) < 4.78 is 0. The highest BCUT2D eigenvalue weighted by atomic mass is 14.9. The van der Waals surface area contributed by atoms with Gasteiger partial charge < -0.3 is 5.32 Å². The minimum atomic E-state index is 0.546. The molecule has 0 aliphatic rings. The van der Waals surface area contributed by atoms with E-state index in [2.05, 4.69) is 44.1 Å². The van der Waals surface area contributed by atoms with Crippen LogP contribution in [0.3, 0.4) is 0 Å². The summed E-state index contributed by atoms with van der Waals surface area (Å²) in [6.07, 6.45) is 4.87. The predicted molar refractivity (Wildman–Crippen MR) is 64.8 cm³/mol. The molecule has 0 radical (unpaired) electrons. The molecule has 0 bridgehead atoms. The zero-order valence-electron chi connectivity index (χ0n) is 10.2. The van der Waals surface area contributed by atoms with E-state index in [1.807, 2.05) is 18.5 Å². The maximum Gasteiger partial charge on any atom is 0.0299 e. The fourth-order valence-electron chi connectivity index (χ4n) is 1.76. The lowest BCUT2D eigenvalue weighted by Crippen LogP contribution is -2.37. The van der Waals surface area contributed by atoms with Gasteiger partial charge in [-0.3, -0.25) is 4.98 Å². The van der Waals surface area contributed by atoms with E-state index in [1.165, 1.54) is 5.56 Å². The third kappa shape index (κ3) is 4.43. The van der Waals surface area contributed by atoms with Gasteiger partial charge in [-0.15, -0.1) is 0 Å². The summed E-state index contributed by atoms with van der Waals surface area (Å²) in [4.78, 5) is 4.14. The van der Waals surface area contributed by atoms with Gasteiger partial charge >= 0.3 is 0 Å². The molecule has 1 N–H and O–H groups in total. The largest absolute Gasteiger partial charge is 0.312 e. The molecule has 2 nitrogen and oxygen atoms in total. The summed E-state index contributed by atoms with van der Waals surface area (Å²) in [7, 11) is 0. The lowest BCUT2D eigenvalue weighted by Gasteiger charge is -2.23. The maximum atomic E-state index is 4.14. The van der Waals surface area contributed by atoms with Crippen LogP contribution in [0.2, 0.25) is 0 Å². The number of pyridine rings is 1. The van der Waals surface area contributed by atoms with Crippen LogP contribution in [-0.2, 0) is 6.42 Å². The number of rotatable bonds is 5. The SMILES string of the molecule is CC(C)NC(C)C(C)Cc1cccnc1. The Hall–Kier alpha value is -0.890. The normalized spacial score (nSPS) is 15.3. The van der Waals surface area contributed by atoms with E-state index >= 15 is 0 Å². The van der Waals surface area contributed by atoms with E-state index in [0.29, 0.717) is 18.0 Å². The van der Waals surface area contributed by atoms with E-state index in [1.54, 1.807) is 0 Å². The average molecular weight is 206 g/mol. The molecule has 0 aliphatic carbocycles. The van der Waals surface area contributed by atoms with Crippen molar-refractivity contribution in [3.05, 3.63) is 30.1 Å². The molecule has 2 unspecified atom stereocenters. The van der Waals surface area contributed by atoms with E-state index in [9.17, 15) is 0 Å². The first-order valence-corrected chi connectivity index (χ1v) is 5.74. The van der Waals surface area contributed by atoms with Crippen molar-refractivity contribution < 1.29 is 0 Å². The van der Waals surface area contributed by atoms with Crippen molar-refractivity contribution in [1.29, 1.82) is 0 Å². The van der Waals surface area contributed by atoms with Crippen LogP contribution >= 0.6 is 0 Å². The molecule has 0 spiro atoms. The Morgan fingerprint density at radius 3 is 2.53 bits per heavy atom. The van der Waals surface area contributed by atoms with Crippen molar-refractivity contribution in [2.24, 2.45) is 5.92 Å². The second kappa shape index (κ2) is 5.86. The van der Waals surface area contributed by atoms with Crippen molar-refractivity contribution >= 4 is 0 Å². The summed E-state index contributed by atoms with van der Waals surface area (Å²) >= 11 is 0. The third-order valence-electron chi connectivity index (χ3n) is 2.73. The fraction of sp³-hybridized carbons (Fsp3) is 0.615. The molecule has 0 amide bonds. The van der Waals surface area contributed by atoms with Gasteiger partial charge in [0.15, 0.2) is 0 Å². The first-order chi connectivity index (χ1) is 7.09. The molecule has 1 aromatic heterocycles. The molecule has 84 valence electrons. The van der Waals surface area contributed by atoms with Crippen LogP contribution in [0.15, 0.2) is 24.5 Å². The van der Waals surface area contributed by atoms with Crippen LogP contribution in [0.4, 0.5) is 0 Å². The Labute approximate surface area is 93.1 Å². The lowest BCUT2D eigenvalue weighted by atomic mass is 9.95. The van der Waals surface area contributed by atoms with Gasteiger partial charge in [0.05, 0.1) is 0 Å². The molecular formula is C13H22N2. The van der Waals surface area contributed by atoms with E-state index in [-0.39, 0.29) is 0 Å². The molecular weight excluding hydrogens is 184 g/mol. The highest BCUT2D eigenvalue weighted by Crippen LogP contribution is 2.11. The second-order valence-corrected chi connectivity index (χ2v) is 4.65. The van der Waals surface area contributed by atoms with Crippen LogP contribution in [0.1, 0.15) is 33.3 Å². The van der Waals surface area contributed by atoms with Crippen molar-refractivity contribution in [2.45, 2.75) is 46.2 Å². The zero-order chi connectivity index (χ0) is 11.3. The Kier molecular flexibility index (Phi) is 4.76. The van der Waals surface area contributed by atoms with Crippen LogP contribution < -0.4 is 5.32 Å². The van der Waals surface area contributed by atoms with Gasteiger partial charge in [-0.25, -0.2) is 0 Å². The van der Waals surface area contributed by atoms with E-state index < -0.39 is 0 Å². The first kappa shape index (κ1) is 12.2. The Morgan fingerprint density at radius 2 is 2.00 bits per heavy atom. The average Bonchev–Trinajstić information content (AvgIpc) is 2.18. The molecule has 0 saturated heterocycles. The number of nitrogens with zero attached hydrogens (tertiary/aromatic N) is 1. The molecule has 0 aromatic carbocycles. The molecule has 0 fully saturated rings. The fourth-order valence-corrected chi connectivity index (χ4v) is 1.76. The van der Waals surface area contributed by atoms with Gasteiger partial charge in [0, 0.05) is 24.5 Å². The van der Waals surface area contributed by atoms with Gasteiger partial charge in [-0.05, 0) is 30.9 Å². The van der Waals surface area contributed by atoms with Crippen LogP contribution in [-0.4, -0.2) is 17.1 Å². The maximum absolute atomic E-state index is 4.14. The smallest absolute Gasteiger partial charge is 0.0299 e. The minimum Gasteiger partial charge on any atom is -0.312 e. The van der Waals surface area contributed by atoms with Gasteiger partial charge in [-0.1, -0.05) is 26.8 Å². The Morgan fingerprint density at radius 1 is 1.27 bits per heavy atom. The van der Waals surface area contributed by atoms with Crippen molar-refractivity contribution in [3.8, 4) is 0 Å². The lowest BCUT2D eigenvalue weighted by molar-refractivity contribution is 0.372. The molecule has 15 heavy (non-hydrogen) atoms. The molecule has 1 rings (SSSR count). The summed E-state index contributed by atoms with van der Waals surface area (Å²) in [6.45, 7) is 8.91. The summed E-state index contributed by atoms with van der Waals surface area (Å²) in [5, 5.41) is 3.54. The van der Waals surface area contributed by atoms with Gasteiger partial charge in [-0.2, -0.15) is 0 Å². The van der Waals surface area contributed by atoms with Crippen molar-refractivity contribution in [1.82, 2.24) is 10.3 Å². The van der Waals surface area contributed by atoms with Gasteiger partial charge in [0.1, 0.15) is 0 Å². The number of aromatic nitrogens is 1. The first-order valence-electron chi connectivity index (χ1n) is 5.74. The van der Waals surface area contributed by atoms with E-state index in [4.69, 9.17) is 0 Å². The molecule has 2 heteroatoms. The predicted octanol–water partition coefficient (Wildman–Crippen LogP) is 2.65. The topological polar surface area (TPSA) is 24.9 Å². The Bertz CT molecular complexity index is 269. The monoisotopic (exact) mass is 206 g/mol. The van der Waals surface area contributed by atoms with Gasteiger partial charge in [0.2, 0.25) is 0 Å². The molecule has 1 aromatic rings. The summed E-state index contributed by atoms with van der Waals surface area (Å²) in [6, 6.07) is 5.25. The highest BCUT2D eigenvalue weighted by molar-refractivity contribution is 5.09. The highest BCUT2D eigenvalue weighted by Gasteiger charge is 2.13. The number of hydrogen-bond acceptors (Lipinski definition) is 2. The van der Waals surface area contributed by atoms with Crippen LogP contribution in [0.5, 0.6) is 0 Å². The van der Waals surface area contributed by atoms with Crippen molar-refractivity contribution in [3.63, 3.8) is 0 Å². The van der Waals surface area contributed by atoms with Gasteiger partial charge in [0.25, 0.3) is 0 Å². The van der Waals surface area contributed by atoms with Crippen LogP contribution in [0.25, 0.3) is 0 Å². The van der Waals surface area contributed by atoms with E-state index in [0.717, 1.165) is 6.42 Å². The summed E-state index contributed by atoms with van der Waals surface area (Å²) in [5.74, 6) is 0.636. The molecule has 1 heterocycles. The second-order valence-electron chi connectivity index (χ2n) is 4.65.